The van der Waals surface area contributed by atoms with Crippen molar-refractivity contribution in [3.63, 3.8) is 0 Å². The van der Waals surface area contributed by atoms with E-state index in [-0.39, 0.29) is 5.91 Å². The standard InChI is InChI=1S/C12H9Br2N3O/c1-7-5-8(6-15-11(7)14)16-12(18)9-3-2-4-10(13)17-9/h2-6H,1H3,(H,16,18). The zero-order valence-electron chi connectivity index (χ0n) is 9.45. The largest absolute Gasteiger partial charge is 0.319 e. The highest BCUT2D eigenvalue weighted by molar-refractivity contribution is 9.10. The molecule has 0 unspecified atom stereocenters. The number of rotatable bonds is 2. The third kappa shape index (κ3) is 3.14. The van der Waals surface area contributed by atoms with Gasteiger partial charge in [0, 0.05) is 0 Å². The fourth-order valence-corrected chi connectivity index (χ4v) is 1.92. The van der Waals surface area contributed by atoms with Gasteiger partial charge in [-0.25, -0.2) is 9.97 Å². The Hall–Kier alpha value is -1.27. The molecule has 2 heterocycles. The summed E-state index contributed by atoms with van der Waals surface area (Å²) in [5, 5.41) is 2.75. The zero-order valence-corrected chi connectivity index (χ0v) is 12.6. The highest BCUT2D eigenvalue weighted by Gasteiger charge is 2.08. The maximum absolute atomic E-state index is 11.9. The molecule has 0 aliphatic heterocycles. The van der Waals surface area contributed by atoms with Crippen LogP contribution >= 0.6 is 31.9 Å². The molecule has 0 saturated carbocycles. The molecule has 0 aliphatic carbocycles. The van der Waals surface area contributed by atoms with E-state index in [1.807, 2.05) is 13.0 Å². The van der Waals surface area contributed by atoms with Crippen molar-refractivity contribution in [2.24, 2.45) is 0 Å². The molecule has 1 amide bonds. The summed E-state index contributed by atoms with van der Waals surface area (Å²) in [6, 6.07) is 7.02. The minimum absolute atomic E-state index is 0.264. The van der Waals surface area contributed by atoms with Gasteiger partial charge < -0.3 is 5.32 Å². The summed E-state index contributed by atoms with van der Waals surface area (Å²) >= 11 is 6.54. The maximum atomic E-state index is 11.9. The number of carbonyl (C=O) groups excluding carboxylic acids is 1. The Morgan fingerprint density at radius 1 is 1.33 bits per heavy atom. The average Bonchev–Trinajstić information content (AvgIpc) is 2.34. The minimum Gasteiger partial charge on any atom is -0.319 e. The van der Waals surface area contributed by atoms with Crippen LogP contribution in [0, 0.1) is 6.92 Å². The van der Waals surface area contributed by atoms with Crippen molar-refractivity contribution in [2.75, 3.05) is 5.32 Å². The first-order valence-electron chi connectivity index (χ1n) is 5.12. The minimum atomic E-state index is -0.264. The van der Waals surface area contributed by atoms with Gasteiger partial charge in [0.2, 0.25) is 0 Å². The number of anilines is 1. The molecule has 18 heavy (non-hydrogen) atoms. The molecule has 2 rings (SSSR count). The Morgan fingerprint density at radius 3 is 2.78 bits per heavy atom. The highest BCUT2D eigenvalue weighted by atomic mass is 79.9. The second-order valence-electron chi connectivity index (χ2n) is 3.63. The van der Waals surface area contributed by atoms with Crippen molar-refractivity contribution in [3.8, 4) is 0 Å². The van der Waals surface area contributed by atoms with Crippen LogP contribution in [0.3, 0.4) is 0 Å². The van der Waals surface area contributed by atoms with E-state index in [1.165, 1.54) is 0 Å². The molecule has 2 aromatic rings. The summed E-state index contributed by atoms with van der Waals surface area (Å²) in [5.41, 5.74) is 1.95. The summed E-state index contributed by atoms with van der Waals surface area (Å²) < 4.78 is 1.39. The fourth-order valence-electron chi connectivity index (χ4n) is 1.36. The van der Waals surface area contributed by atoms with Crippen molar-refractivity contribution in [2.45, 2.75) is 6.92 Å². The van der Waals surface area contributed by atoms with Crippen molar-refractivity contribution >= 4 is 43.5 Å². The first-order chi connectivity index (χ1) is 8.56. The number of aryl methyl sites for hydroxylation is 1. The summed E-state index contributed by atoms with van der Waals surface area (Å²) in [6.07, 6.45) is 1.59. The van der Waals surface area contributed by atoms with Gasteiger partial charge in [0.05, 0.1) is 11.9 Å². The van der Waals surface area contributed by atoms with Gasteiger partial charge in [0.15, 0.2) is 0 Å². The van der Waals surface area contributed by atoms with Gasteiger partial charge in [-0.1, -0.05) is 6.07 Å². The third-order valence-corrected chi connectivity index (χ3v) is 3.49. The SMILES string of the molecule is Cc1cc(NC(=O)c2cccc(Br)n2)cnc1Br. The van der Waals surface area contributed by atoms with Crippen LogP contribution in [0.1, 0.15) is 16.1 Å². The van der Waals surface area contributed by atoms with Crippen LogP contribution in [0.25, 0.3) is 0 Å². The quantitative estimate of drug-likeness (QED) is 0.822. The van der Waals surface area contributed by atoms with E-state index in [9.17, 15) is 4.79 Å². The van der Waals surface area contributed by atoms with E-state index in [4.69, 9.17) is 0 Å². The topological polar surface area (TPSA) is 54.9 Å². The Kier molecular flexibility index (Phi) is 4.08. The molecule has 0 atom stereocenters. The molecule has 4 nitrogen and oxygen atoms in total. The van der Waals surface area contributed by atoms with Crippen molar-refractivity contribution in [1.82, 2.24) is 9.97 Å². The maximum Gasteiger partial charge on any atom is 0.274 e. The molecule has 0 aromatic carbocycles. The van der Waals surface area contributed by atoms with Gasteiger partial charge in [-0.05, 0) is 62.5 Å². The van der Waals surface area contributed by atoms with Gasteiger partial charge in [-0.3, -0.25) is 4.79 Å². The number of nitrogens with zero attached hydrogens (tertiary/aromatic N) is 2. The monoisotopic (exact) mass is 369 g/mol. The van der Waals surface area contributed by atoms with Crippen LogP contribution in [-0.4, -0.2) is 15.9 Å². The summed E-state index contributed by atoms with van der Waals surface area (Å²) in [6.45, 7) is 1.91. The van der Waals surface area contributed by atoms with Gasteiger partial charge in [-0.15, -0.1) is 0 Å². The lowest BCUT2D eigenvalue weighted by Crippen LogP contribution is -2.14. The number of aromatic nitrogens is 2. The normalized spacial score (nSPS) is 10.2. The van der Waals surface area contributed by atoms with Crippen molar-refractivity contribution < 1.29 is 4.79 Å². The van der Waals surface area contributed by atoms with E-state index in [0.29, 0.717) is 16.0 Å². The van der Waals surface area contributed by atoms with E-state index in [2.05, 4.69) is 47.1 Å². The number of nitrogens with one attached hydrogen (secondary N) is 1. The van der Waals surface area contributed by atoms with Gasteiger partial charge >= 0.3 is 0 Å². The second-order valence-corrected chi connectivity index (χ2v) is 5.19. The van der Waals surface area contributed by atoms with Crippen LogP contribution in [0.2, 0.25) is 0 Å². The predicted octanol–water partition coefficient (Wildman–Crippen LogP) is 3.56. The van der Waals surface area contributed by atoms with E-state index in [1.54, 1.807) is 24.4 Å². The van der Waals surface area contributed by atoms with E-state index >= 15 is 0 Å². The number of pyridine rings is 2. The molecule has 0 fully saturated rings. The summed E-state index contributed by atoms with van der Waals surface area (Å²) in [4.78, 5) is 20.1. The summed E-state index contributed by atoms with van der Waals surface area (Å²) in [5.74, 6) is -0.264. The number of amides is 1. The first-order valence-corrected chi connectivity index (χ1v) is 6.71. The van der Waals surface area contributed by atoms with E-state index in [0.717, 1.165) is 10.2 Å². The Bertz CT molecular complexity index is 602. The Morgan fingerprint density at radius 2 is 2.11 bits per heavy atom. The van der Waals surface area contributed by atoms with Crippen molar-refractivity contribution in [1.29, 1.82) is 0 Å². The molecule has 0 spiro atoms. The molecule has 0 saturated heterocycles. The Labute approximate surface area is 121 Å². The third-order valence-electron chi connectivity index (χ3n) is 2.22. The number of hydrogen-bond acceptors (Lipinski definition) is 3. The van der Waals surface area contributed by atoms with Crippen LogP contribution in [-0.2, 0) is 0 Å². The van der Waals surface area contributed by atoms with Crippen molar-refractivity contribution in [3.05, 3.63) is 50.9 Å². The molecule has 0 bridgehead atoms. The lowest BCUT2D eigenvalue weighted by atomic mass is 10.3. The second kappa shape index (κ2) is 5.58. The lowest BCUT2D eigenvalue weighted by Gasteiger charge is -2.06. The van der Waals surface area contributed by atoms with Crippen LogP contribution < -0.4 is 5.32 Å². The number of halogens is 2. The molecule has 1 N–H and O–H groups in total. The Balaban J connectivity index is 2.18. The van der Waals surface area contributed by atoms with Gasteiger partial charge in [0.1, 0.15) is 14.9 Å². The smallest absolute Gasteiger partial charge is 0.274 e. The fraction of sp³-hybridized carbons (Fsp3) is 0.0833. The highest BCUT2D eigenvalue weighted by Crippen LogP contribution is 2.17. The average molecular weight is 371 g/mol. The first kappa shape index (κ1) is 13.2. The number of hydrogen-bond donors (Lipinski definition) is 1. The predicted molar refractivity (Wildman–Crippen MR) is 76.6 cm³/mol. The molecule has 92 valence electrons. The molecule has 6 heteroatoms. The van der Waals surface area contributed by atoms with Crippen LogP contribution in [0.15, 0.2) is 39.7 Å². The van der Waals surface area contributed by atoms with Gasteiger partial charge in [-0.2, -0.15) is 0 Å². The lowest BCUT2D eigenvalue weighted by molar-refractivity contribution is 0.102. The van der Waals surface area contributed by atoms with E-state index < -0.39 is 0 Å². The molecular formula is C12H9Br2N3O. The molecular weight excluding hydrogens is 362 g/mol. The zero-order chi connectivity index (χ0) is 13.1. The molecule has 2 aromatic heterocycles. The molecule has 0 aliphatic rings. The number of carbonyl (C=O) groups is 1. The van der Waals surface area contributed by atoms with Crippen LogP contribution in [0.5, 0.6) is 0 Å². The van der Waals surface area contributed by atoms with Gasteiger partial charge in [0.25, 0.3) is 5.91 Å². The molecule has 0 radical (unpaired) electrons. The summed E-state index contributed by atoms with van der Waals surface area (Å²) in [7, 11) is 0. The van der Waals surface area contributed by atoms with Crippen LogP contribution in [0.4, 0.5) is 5.69 Å².